The van der Waals surface area contributed by atoms with Crippen molar-refractivity contribution in [1.82, 2.24) is 5.32 Å². The van der Waals surface area contributed by atoms with Gasteiger partial charge in [0.1, 0.15) is 5.67 Å². The van der Waals surface area contributed by atoms with E-state index in [1.165, 1.54) is 0 Å². The number of hydrogen-bond donors (Lipinski definition) is 1. The molecule has 1 fully saturated rings. The highest BCUT2D eigenvalue weighted by atomic mass is 19.1. The van der Waals surface area contributed by atoms with E-state index in [0.29, 0.717) is 5.92 Å². The van der Waals surface area contributed by atoms with Crippen molar-refractivity contribution in [3.63, 3.8) is 0 Å². The second-order valence-corrected chi connectivity index (χ2v) is 5.04. The maximum absolute atomic E-state index is 14.4. The van der Waals surface area contributed by atoms with Crippen LogP contribution in [-0.2, 0) is 0 Å². The first kappa shape index (κ1) is 12.0. The van der Waals surface area contributed by atoms with E-state index in [2.05, 4.69) is 19.2 Å². The maximum atomic E-state index is 14.4. The van der Waals surface area contributed by atoms with Crippen LogP contribution in [-0.4, -0.2) is 18.8 Å². The quantitative estimate of drug-likeness (QED) is 0.736. The number of alkyl halides is 1. The van der Waals surface area contributed by atoms with Gasteiger partial charge in [-0.1, -0.05) is 20.3 Å². The zero-order valence-electron chi connectivity index (χ0n) is 9.78. The van der Waals surface area contributed by atoms with Crippen LogP contribution in [0.25, 0.3) is 0 Å². The molecule has 84 valence electrons. The van der Waals surface area contributed by atoms with Crippen LogP contribution in [0.2, 0.25) is 0 Å². The van der Waals surface area contributed by atoms with Gasteiger partial charge in [-0.3, -0.25) is 0 Å². The van der Waals surface area contributed by atoms with Gasteiger partial charge in [0.25, 0.3) is 0 Å². The third kappa shape index (κ3) is 3.23. The Bertz CT molecular complexity index is 162. The highest BCUT2D eigenvalue weighted by Gasteiger charge is 2.35. The molecule has 3 atom stereocenters. The van der Waals surface area contributed by atoms with Crippen molar-refractivity contribution in [2.45, 2.75) is 52.1 Å². The molecule has 0 aliphatic carbocycles. The minimum Gasteiger partial charge on any atom is -0.316 e. The molecule has 1 heterocycles. The van der Waals surface area contributed by atoms with E-state index in [0.717, 1.165) is 38.8 Å². The predicted molar refractivity (Wildman–Crippen MR) is 59.2 cm³/mol. The van der Waals surface area contributed by atoms with Crippen molar-refractivity contribution in [2.75, 3.05) is 13.1 Å². The smallest absolute Gasteiger partial charge is 0.112 e. The molecule has 1 aliphatic heterocycles. The average Bonchev–Trinajstić information content (AvgIpc) is 2.18. The molecule has 1 N–H and O–H groups in total. The van der Waals surface area contributed by atoms with Crippen LogP contribution in [0.1, 0.15) is 46.5 Å². The molecule has 0 saturated carbocycles. The number of halogens is 1. The fourth-order valence-corrected chi connectivity index (χ4v) is 2.36. The van der Waals surface area contributed by atoms with Crippen LogP contribution in [0, 0.1) is 11.8 Å². The molecule has 0 amide bonds. The van der Waals surface area contributed by atoms with E-state index in [9.17, 15) is 4.39 Å². The fraction of sp³-hybridized carbons (Fsp3) is 1.00. The lowest BCUT2D eigenvalue weighted by atomic mass is 9.79. The highest BCUT2D eigenvalue weighted by molar-refractivity contribution is 4.87. The lowest BCUT2D eigenvalue weighted by Crippen LogP contribution is -2.42. The summed E-state index contributed by atoms with van der Waals surface area (Å²) in [6.45, 7) is 8.00. The molecule has 1 aliphatic rings. The molecule has 0 aromatic rings. The summed E-state index contributed by atoms with van der Waals surface area (Å²) in [5.74, 6) is 0.733. The molecule has 0 spiro atoms. The third-order valence-corrected chi connectivity index (χ3v) is 3.59. The topological polar surface area (TPSA) is 12.0 Å². The minimum atomic E-state index is -0.969. The molecule has 0 bridgehead atoms. The van der Waals surface area contributed by atoms with Crippen molar-refractivity contribution in [3.05, 3.63) is 0 Å². The second kappa shape index (κ2) is 5.11. The molecule has 0 aromatic carbocycles. The molecular weight excluding hydrogens is 177 g/mol. The Labute approximate surface area is 87.5 Å². The second-order valence-electron chi connectivity index (χ2n) is 5.04. The van der Waals surface area contributed by atoms with E-state index < -0.39 is 5.67 Å². The lowest BCUT2D eigenvalue weighted by molar-refractivity contribution is 0.0576. The van der Waals surface area contributed by atoms with Crippen molar-refractivity contribution < 1.29 is 4.39 Å². The maximum Gasteiger partial charge on any atom is 0.112 e. The Morgan fingerprint density at radius 2 is 2.29 bits per heavy atom. The SMILES string of the molecule is CCC(C)CC(C)(F)C1CCCNC1. The molecule has 0 radical (unpaired) electrons. The van der Waals surface area contributed by atoms with Crippen LogP contribution in [0.5, 0.6) is 0 Å². The van der Waals surface area contributed by atoms with Gasteiger partial charge in [0.15, 0.2) is 0 Å². The van der Waals surface area contributed by atoms with Crippen LogP contribution in [0.15, 0.2) is 0 Å². The van der Waals surface area contributed by atoms with Gasteiger partial charge in [-0.05, 0) is 38.6 Å². The fourth-order valence-electron chi connectivity index (χ4n) is 2.36. The van der Waals surface area contributed by atoms with Gasteiger partial charge in [0.2, 0.25) is 0 Å². The summed E-state index contributed by atoms with van der Waals surface area (Å²) < 4.78 is 14.4. The Kier molecular flexibility index (Phi) is 4.36. The zero-order valence-corrected chi connectivity index (χ0v) is 9.78. The van der Waals surface area contributed by atoms with E-state index >= 15 is 0 Å². The monoisotopic (exact) mass is 201 g/mol. The summed E-state index contributed by atoms with van der Waals surface area (Å²) in [5, 5.41) is 3.29. The summed E-state index contributed by atoms with van der Waals surface area (Å²) in [6, 6.07) is 0. The number of piperidine rings is 1. The largest absolute Gasteiger partial charge is 0.316 e. The van der Waals surface area contributed by atoms with E-state index in [1.807, 2.05) is 0 Å². The van der Waals surface area contributed by atoms with Crippen LogP contribution in [0.4, 0.5) is 4.39 Å². The average molecular weight is 201 g/mol. The van der Waals surface area contributed by atoms with Gasteiger partial charge in [0, 0.05) is 12.5 Å². The molecule has 1 saturated heterocycles. The summed E-state index contributed by atoms with van der Waals surface area (Å²) in [7, 11) is 0. The number of rotatable bonds is 4. The summed E-state index contributed by atoms with van der Waals surface area (Å²) in [6.07, 6.45) is 3.98. The first-order valence-electron chi connectivity index (χ1n) is 5.96. The Balaban J connectivity index is 2.45. The zero-order chi connectivity index (χ0) is 10.6. The number of nitrogens with one attached hydrogen (secondary N) is 1. The van der Waals surface area contributed by atoms with Crippen molar-refractivity contribution >= 4 is 0 Å². The van der Waals surface area contributed by atoms with Gasteiger partial charge in [-0.25, -0.2) is 4.39 Å². The van der Waals surface area contributed by atoms with Crippen LogP contribution >= 0.6 is 0 Å². The van der Waals surface area contributed by atoms with Crippen LogP contribution in [0.3, 0.4) is 0 Å². The third-order valence-electron chi connectivity index (χ3n) is 3.59. The molecule has 3 unspecified atom stereocenters. The van der Waals surface area contributed by atoms with Gasteiger partial charge >= 0.3 is 0 Å². The summed E-state index contributed by atoms with van der Waals surface area (Å²) >= 11 is 0. The van der Waals surface area contributed by atoms with Crippen molar-refractivity contribution in [1.29, 1.82) is 0 Å². The van der Waals surface area contributed by atoms with E-state index in [1.54, 1.807) is 6.92 Å². The molecular formula is C12H24FN. The van der Waals surface area contributed by atoms with Crippen LogP contribution < -0.4 is 5.32 Å². The lowest BCUT2D eigenvalue weighted by Gasteiger charge is -2.35. The first-order chi connectivity index (χ1) is 6.56. The number of hydrogen-bond acceptors (Lipinski definition) is 1. The van der Waals surface area contributed by atoms with Gasteiger partial charge in [0.05, 0.1) is 0 Å². The molecule has 1 rings (SSSR count). The van der Waals surface area contributed by atoms with Crippen molar-refractivity contribution in [3.8, 4) is 0 Å². The normalized spacial score (nSPS) is 29.6. The highest BCUT2D eigenvalue weighted by Crippen LogP contribution is 2.34. The minimum absolute atomic E-state index is 0.227. The first-order valence-corrected chi connectivity index (χ1v) is 5.96. The van der Waals surface area contributed by atoms with E-state index in [-0.39, 0.29) is 5.92 Å². The van der Waals surface area contributed by atoms with Gasteiger partial charge in [-0.2, -0.15) is 0 Å². The van der Waals surface area contributed by atoms with E-state index in [4.69, 9.17) is 0 Å². The summed E-state index contributed by atoms with van der Waals surface area (Å²) in [4.78, 5) is 0. The molecule has 14 heavy (non-hydrogen) atoms. The Hall–Kier alpha value is -0.110. The molecule has 1 nitrogen and oxygen atoms in total. The Morgan fingerprint density at radius 3 is 2.79 bits per heavy atom. The standard InChI is InChI=1S/C12H24FN/c1-4-10(2)8-12(3,13)11-6-5-7-14-9-11/h10-11,14H,4-9H2,1-3H3. The molecule has 2 heteroatoms. The summed E-state index contributed by atoms with van der Waals surface area (Å²) in [5.41, 5.74) is -0.969. The van der Waals surface area contributed by atoms with Gasteiger partial charge in [-0.15, -0.1) is 0 Å². The molecule has 0 aromatic heterocycles. The Morgan fingerprint density at radius 1 is 1.57 bits per heavy atom. The van der Waals surface area contributed by atoms with Crippen molar-refractivity contribution in [2.24, 2.45) is 11.8 Å². The van der Waals surface area contributed by atoms with Gasteiger partial charge < -0.3 is 5.32 Å². The predicted octanol–water partition coefficient (Wildman–Crippen LogP) is 3.15.